The van der Waals surface area contributed by atoms with Gasteiger partial charge in [-0.25, -0.2) is 4.79 Å². The van der Waals surface area contributed by atoms with Crippen LogP contribution in [0.25, 0.3) is 0 Å². The van der Waals surface area contributed by atoms with Crippen LogP contribution in [0.2, 0.25) is 0 Å². The fourth-order valence-corrected chi connectivity index (χ4v) is 2.30. The van der Waals surface area contributed by atoms with Crippen molar-refractivity contribution >= 4 is 5.97 Å². The molecule has 0 unspecified atom stereocenters. The standard InChI is InChI=1S/C16H22O3/c1-4-16(13-8-6-5-7-9-13)14(19-16)15(17)18-11-10-12(2)3/h5-9,12,14H,4,10-11H2,1-3H3/t14-,16-/m0/s1. The second-order valence-corrected chi connectivity index (χ2v) is 5.46. The summed E-state index contributed by atoms with van der Waals surface area (Å²) in [5.41, 5.74) is 0.596. The Labute approximate surface area is 114 Å². The van der Waals surface area contributed by atoms with Crippen molar-refractivity contribution < 1.29 is 14.3 Å². The highest BCUT2D eigenvalue weighted by Crippen LogP contribution is 2.49. The predicted octanol–water partition coefficient (Wildman–Crippen LogP) is 3.28. The van der Waals surface area contributed by atoms with Crippen molar-refractivity contribution in [3.8, 4) is 0 Å². The second-order valence-electron chi connectivity index (χ2n) is 5.46. The first-order valence-corrected chi connectivity index (χ1v) is 7.00. The van der Waals surface area contributed by atoms with Crippen molar-refractivity contribution in [1.82, 2.24) is 0 Å². The Morgan fingerprint density at radius 1 is 1.37 bits per heavy atom. The van der Waals surface area contributed by atoms with Gasteiger partial charge in [0.25, 0.3) is 0 Å². The molecule has 1 fully saturated rings. The van der Waals surface area contributed by atoms with E-state index in [1.54, 1.807) is 0 Å². The first-order valence-electron chi connectivity index (χ1n) is 7.00. The zero-order chi connectivity index (χ0) is 13.9. The Bertz CT molecular complexity index is 427. The van der Waals surface area contributed by atoms with Crippen LogP contribution < -0.4 is 0 Å². The normalized spacial score (nSPS) is 25.4. The number of hydrogen-bond acceptors (Lipinski definition) is 3. The van der Waals surface area contributed by atoms with Crippen LogP contribution in [0.4, 0.5) is 0 Å². The van der Waals surface area contributed by atoms with Crippen LogP contribution in [0.1, 0.15) is 39.2 Å². The van der Waals surface area contributed by atoms with Crippen LogP contribution in [0.3, 0.4) is 0 Å². The van der Waals surface area contributed by atoms with E-state index in [9.17, 15) is 4.79 Å². The number of ether oxygens (including phenoxy) is 2. The van der Waals surface area contributed by atoms with Crippen molar-refractivity contribution in [3.63, 3.8) is 0 Å². The highest BCUT2D eigenvalue weighted by molar-refractivity contribution is 5.80. The van der Waals surface area contributed by atoms with Gasteiger partial charge in [0.15, 0.2) is 6.10 Å². The molecule has 19 heavy (non-hydrogen) atoms. The number of hydrogen-bond donors (Lipinski definition) is 0. The second kappa shape index (κ2) is 5.74. The number of carbonyl (C=O) groups excluding carboxylic acids is 1. The molecule has 0 bridgehead atoms. The summed E-state index contributed by atoms with van der Waals surface area (Å²) in [7, 11) is 0. The Morgan fingerprint density at radius 2 is 2.05 bits per heavy atom. The summed E-state index contributed by atoms with van der Waals surface area (Å²) in [6, 6.07) is 9.91. The molecule has 104 valence electrons. The molecule has 2 rings (SSSR count). The summed E-state index contributed by atoms with van der Waals surface area (Å²) in [5.74, 6) is 0.310. The van der Waals surface area contributed by atoms with Crippen LogP contribution in [0.5, 0.6) is 0 Å². The van der Waals surface area contributed by atoms with Gasteiger partial charge in [0.1, 0.15) is 5.60 Å². The molecule has 1 aliphatic heterocycles. The topological polar surface area (TPSA) is 38.8 Å². The van der Waals surface area contributed by atoms with Gasteiger partial charge in [-0.1, -0.05) is 51.1 Å². The van der Waals surface area contributed by atoms with Crippen LogP contribution in [-0.4, -0.2) is 18.7 Å². The van der Waals surface area contributed by atoms with E-state index in [1.807, 2.05) is 37.3 Å². The van der Waals surface area contributed by atoms with Crippen LogP contribution in [-0.2, 0) is 19.9 Å². The maximum Gasteiger partial charge on any atom is 0.338 e. The fourth-order valence-electron chi connectivity index (χ4n) is 2.30. The van der Waals surface area contributed by atoms with Gasteiger partial charge >= 0.3 is 5.97 Å². The molecule has 0 spiro atoms. The smallest absolute Gasteiger partial charge is 0.338 e. The van der Waals surface area contributed by atoms with Gasteiger partial charge in [-0.15, -0.1) is 0 Å². The van der Waals surface area contributed by atoms with Crippen molar-refractivity contribution in [2.45, 2.75) is 45.3 Å². The van der Waals surface area contributed by atoms with Gasteiger partial charge in [0, 0.05) is 0 Å². The monoisotopic (exact) mass is 262 g/mol. The van der Waals surface area contributed by atoms with Gasteiger partial charge in [-0.05, 0) is 24.3 Å². The molecule has 0 N–H and O–H groups in total. The number of benzene rings is 1. The van der Waals surface area contributed by atoms with Gasteiger partial charge in [0.05, 0.1) is 6.61 Å². The summed E-state index contributed by atoms with van der Waals surface area (Å²) < 4.78 is 11.0. The summed E-state index contributed by atoms with van der Waals surface area (Å²) in [6.07, 6.45) is 1.23. The van der Waals surface area contributed by atoms with E-state index in [-0.39, 0.29) is 5.97 Å². The lowest BCUT2D eigenvalue weighted by atomic mass is 9.93. The molecule has 0 saturated carbocycles. The Kier molecular flexibility index (Phi) is 4.25. The molecule has 0 radical (unpaired) electrons. The molecule has 1 aliphatic rings. The third-order valence-electron chi connectivity index (χ3n) is 3.64. The van der Waals surface area contributed by atoms with Crippen molar-refractivity contribution in [3.05, 3.63) is 35.9 Å². The number of esters is 1. The molecule has 0 amide bonds. The van der Waals surface area contributed by atoms with Crippen molar-refractivity contribution in [2.24, 2.45) is 5.92 Å². The van der Waals surface area contributed by atoms with Gasteiger partial charge in [-0.3, -0.25) is 0 Å². The molecular weight excluding hydrogens is 240 g/mol. The van der Waals surface area contributed by atoms with Crippen LogP contribution >= 0.6 is 0 Å². The summed E-state index contributed by atoms with van der Waals surface area (Å²) in [5, 5.41) is 0. The minimum absolute atomic E-state index is 0.230. The zero-order valence-corrected chi connectivity index (χ0v) is 11.9. The highest BCUT2D eigenvalue weighted by atomic mass is 16.7. The van der Waals surface area contributed by atoms with Crippen LogP contribution in [0.15, 0.2) is 30.3 Å². The molecule has 3 nitrogen and oxygen atoms in total. The maximum atomic E-state index is 12.0. The average molecular weight is 262 g/mol. The molecule has 1 saturated heterocycles. The van der Waals surface area contributed by atoms with Gasteiger partial charge < -0.3 is 9.47 Å². The SMILES string of the molecule is CC[C@@]1(c2ccccc2)O[C@H]1C(=O)OCCC(C)C. The largest absolute Gasteiger partial charge is 0.464 e. The van der Waals surface area contributed by atoms with E-state index < -0.39 is 11.7 Å². The quantitative estimate of drug-likeness (QED) is 0.583. The van der Waals surface area contributed by atoms with Crippen molar-refractivity contribution in [2.75, 3.05) is 6.61 Å². The van der Waals surface area contributed by atoms with E-state index in [1.165, 1.54) is 0 Å². The first-order chi connectivity index (χ1) is 9.10. The molecule has 0 aliphatic carbocycles. The third kappa shape index (κ3) is 2.98. The molecule has 1 heterocycles. The first kappa shape index (κ1) is 14.1. The zero-order valence-electron chi connectivity index (χ0n) is 11.9. The van der Waals surface area contributed by atoms with E-state index in [0.29, 0.717) is 12.5 Å². The minimum Gasteiger partial charge on any atom is -0.464 e. The molecule has 2 atom stereocenters. The lowest BCUT2D eigenvalue weighted by Gasteiger charge is -2.10. The summed E-state index contributed by atoms with van der Waals surface area (Å²) in [6.45, 7) is 6.74. The average Bonchev–Trinajstić information content (AvgIpc) is 3.15. The Hall–Kier alpha value is -1.35. The van der Waals surface area contributed by atoms with Crippen LogP contribution in [0, 0.1) is 5.92 Å². The maximum absolute atomic E-state index is 12.0. The molecule has 1 aromatic carbocycles. The van der Waals surface area contributed by atoms with Crippen molar-refractivity contribution in [1.29, 1.82) is 0 Å². The van der Waals surface area contributed by atoms with Gasteiger partial charge in [-0.2, -0.15) is 0 Å². The van der Waals surface area contributed by atoms with Gasteiger partial charge in [0.2, 0.25) is 0 Å². The third-order valence-corrected chi connectivity index (χ3v) is 3.64. The predicted molar refractivity (Wildman–Crippen MR) is 73.7 cm³/mol. The lowest BCUT2D eigenvalue weighted by molar-refractivity contribution is -0.145. The van der Waals surface area contributed by atoms with E-state index in [4.69, 9.17) is 9.47 Å². The highest BCUT2D eigenvalue weighted by Gasteiger charge is 2.61. The number of rotatable bonds is 6. The summed E-state index contributed by atoms with van der Waals surface area (Å²) in [4.78, 5) is 12.0. The molecular formula is C16H22O3. The van der Waals surface area contributed by atoms with E-state index in [2.05, 4.69) is 13.8 Å². The lowest BCUT2D eigenvalue weighted by Crippen LogP contribution is -2.21. The van der Waals surface area contributed by atoms with E-state index in [0.717, 1.165) is 18.4 Å². The Balaban J connectivity index is 1.95. The van der Waals surface area contributed by atoms with E-state index >= 15 is 0 Å². The molecule has 1 aromatic rings. The number of carbonyl (C=O) groups is 1. The minimum atomic E-state index is -0.462. The number of epoxide rings is 1. The fraction of sp³-hybridized carbons (Fsp3) is 0.562. The molecule has 3 heteroatoms. The molecule has 0 aromatic heterocycles. The summed E-state index contributed by atoms with van der Waals surface area (Å²) >= 11 is 0. The Morgan fingerprint density at radius 3 is 2.63 bits per heavy atom.